The van der Waals surface area contributed by atoms with Gasteiger partial charge in [-0.05, 0) is 67.3 Å². The van der Waals surface area contributed by atoms with Crippen LogP contribution in [0.4, 0.5) is 16.2 Å². The van der Waals surface area contributed by atoms with Crippen molar-refractivity contribution in [2.24, 2.45) is 0 Å². The maximum atomic E-state index is 11.5. The van der Waals surface area contributed by atoms with Gasteiger partial charge in [0.05, 0.1) is 13.7 Å². The molecule has 0 atom stereocenters. The molecule has 0 aliphatic carbocycles. The number of hydrogen-bond acceptors (Lipinski definition) is 5. The number of anilines is 2. The Bertz CT molecular complexity index is 921. The van der Waals surface area contributed by atoms with Crippen molar-refractivity contribution in [2.75, 3.05) is 24.4 Å². The Labute approximate surface area is 156 Å². The number of carbonyl (C=O) groups excluding carboxylic acids is 1. The maximum Gasteiger partial charge on any atom is 0.411 e. The number of rotatable bonds is 6. The molecule has 0 bridgehead atoms. The van der Waals surface area contributed by atoms with E-state index in [2.05, 4.69) is 28.8 Å². The highest BCUT2D eigenvalue weighted by Crippen LogP contribution is 2.30. The molecular weight excluding hydrogens is 348 g/mol. The molecule has 0 radical (unpaired) electrons. The van der Waals surface area contributed by atoms with Gasteiger partial charge in [-0.25, -0.2) is 4.79 Å². The van der Waals surface area contributed by atoms with Crippen molar-refractivity contribution in [2.45, 2.75) is 20.4 Å². The van der Waals surface area contributed by atoms with Crippen LogP contribution in [0, 0.1) is 6.92 Å². The molecule has 3 rings (SSSR count). The maximum absolute atomic E-state index is 11.5. The Morgan fingerprint density at radius 3 is 2.73 bits per heavy atom. The summed E-state index contributed by atoms with van der Waals surface area (Å²) < 4.78 is 11.4. The van der Waals surface area contributed by atoms with Crippen LogP contribution in [0.5, 0.6) is 5.75 Å². The predicted octanol–water partition coefficient (Wildman–Crippen LogP) is 5.40. The highest BCUT2D eigenvalue weighted by atomic mass is 32.1. The first-order valence-electron chi connectivity index (χ1n) is 8.44. The second kappa shape index (κ2) is 8.10. The van der Waals surface area contributed by atoms with E-state index in [4.69, 9.17) is 9.47 Å². The third-order valence-electron chi connectivity index (χ3n) is 3.98. The van der Waals surface area contributed by atoms with Crippen molar-refractivity contribution in [3.8, 4) is 5.75 Å². The van der Waals surface area contributed by atoms with Gasteiger partial charge in [-0.2, -0.15) is 0 Å². The van der Waals surface area contributed by atoms with Crippen LogP contribution in [0.1, 0.15) is 17.4 Å². The van der Waals surface area contributed by atoms with Crippen LogP contribution in [0.2, 0.25) is 0 Å². The van der Waals surface area contributed by atoms with Gasteiger partial charge in [0.2, 0.25) is 0 Å². The average Bonchev–Trinajstić information content (AvgIpc) is 3.04. The zero-order valence-electron chi connectivity index (χ0n) is 15.1. The molecule has 0 aliphatic rings. The second-order valence-electron chi connectivity index (χ2n) is 5.85. The Hall–Kier alpha value is -2.73. The third-order valence-corrected chi connectivity index (χ3v) is 5.08. The van der Waals surface area contributed by atoms with E-state index in [1.165, 1.54) is 15.0 Å². The van der Waals surface area contributed by atoms with Crippen LogP contribution in [0.25, 0.3) is 10.1 Å². The van der Waals surface area contributed by atoms with Crippen LogP contribution < -0.4 is 15.4 Å². The van der Waals surface area contributed by atoms with Gasteiger partial charge in [0.1, 0.15) is 5.75 Å². The first-order valence-corrected chi connectivity index (χ1v) is 9.25. The van der Waals surface area contributed by atoms with E-state index in [9.17, 15) is 4.79 Å². The molecule has 6 heteroatoms. The van der Waals surface area contributed by atoms with Gasteiger partial charge in [0.15, 0.2) is 0 Å². The molecular formula is C20H22N2O3S. The first kappa shape index (κ1) is 18.1. The molecule has 0 spiro atoms. The molecule has 0 saturated carbocycles. The molecule has 0 aliphatic heterocycles. The first-order chi connectivity index (χ1) is 12.6. The predicted molar refractivity (Wildman–Crippen MR) is 108 cm³/mol. The van der Waals surface area contributed by atoms with Gasteiger partial charge < -0.3 is 14.8 Å². The van der Waals surface area contributed by atoms with Crippen LogP contribution in [0.3, 0.4) is 0 Å². The van der Waals surface area contributed by atoms with Gasteiger partial charge in [-0.15, -0.1) is 11.3 Å². The number of methoxy groups -OCH3 is 1. The summed E-state index contributed by atoms with van der Waals surface area (Å²) in [5.74, 6) is 0.874. The minimum Gasteiger partial charge on any atom is -0.497 e. The van der Waals surface area contributed by atoms with E-state index < -0.39 is 6.09 Å². The smallest absolute Gasteiger partial charge is 0.411 e. The number of ether oxygens (including phenoxy) is 2. The minimum atomic E-state index is -0.433. The number of nitrogens with one attached hydrogen (secondary N) is 2. The molecule has 2 N–H and O–H groups in total. The lowest BCUT2D eigenvalue weighted by molar-refractivity contribution is 0.168. The lowest BCUT2D eigenvalue weighted by Crippen LogP contribution is -2.14. The zero-order valence-corrected chi connectivity index (χ0v) is 15.9. The molecule has 0 fully saturated rings. The van der Waals surface area contributed by atoms with E-state index in [0.717, 1.165) is 29.2 Å². The summed E-state index contributed by atoms with van der Waals surface area (Å²) in [6.45, 7) is 4.83. The highest BCUT2D eigenvalue weighted by Gasteiger charge is 2.07. The van der Waals surface area contributed by atoms with Crippen LogP contribution in [-0.2, 0) is 11.3 Å². The van der Waals surface area contributed by atoms with E-state index >= 15 is 0 Å². The number of aryl methyl sites for hydroxylation is 1. The fourth-order valence-electron chi connectivity index (χ4n) is 2.66. The number of carbonyl (C=O) groups is 1. The molecule has 136 valence electrons. The largest absolute Gasteiger partial charge is 0.497 e. The number of benzene rings is 2. The topological polar surface area (TPSA) is 59.6 Å². The van der Waals surface area contributed by atoms with Crippen molar-refractivity contribution in [1.29, 1.82) is 0 Å². The molecule has 1 aromatic heterocycles. The van der Waals surface area contributed by atoms with E-state index in [1.807, 2.05) is 31.2 Å². The minimum absolute atomic E-state index is 0.353. The van der Waals surface area contributed by atoms with Gasteiger partial charge in [0, 0.05) is 27.5 Å². The zero-order chi connectivity index (χ0) is 18.5. The second-order valence-corrected chi connectivity index (χ2v) is 7.01. The number of hydrogen-bond donors (Lipinski definition) is 2. The monoisotopic (exact) mass is 370 g/mol. The SMILES string of the molecule is CCOC(=O)Nc1ccc(NCc2cc3ccc(OC)cc3s2)cc1C. The Balaban J connectivity index is 1.66. The average molecular weight is 370 g/mol. The quantitative estimate of drug-likeness (QED) is 0.610. The molecule has 3 aromatic rings. The molecule has 0 saturated heterocycles. The summed E-state index contributed by atoms with van der Waals surface area (Å²) in [5, 5.41) is 7.39. The summed E-state index contributed by atoms with van der Waals surface area (Å²) in [4.78, 5) is 12.8. The molecule has 5 nitrogen and oxygen atoms in total. The van der Waals surface area contributed by atoms with Gasteiger partial charge >= 0.3 is 6.09 Å². The van der Waals surface area contributed by atoms with Crippen molar-refractivity contribution >= 4 is 38.9 Å². The van der Waals surface area contributed by atoms with E-state index in [0.29, 0.717) is 6.61 Å². The summed E-state index contributed by atoms with van der Waals surface area (Å²) in [7, 11) is 1.68. The van der Waals surface area contributed by atoms with Gasteiger partial charge in [-0.3, -0.25) is 5.32 Å². The fourth-order valence-corrected chi connectivity index (χ4v) is 3.69. The number of amides is 1. The summed E-state index contributed by atoms with van der Waals surface area (Å²) >= 11 is 1.75. The summed E-state index contributed by atoms with van der Waals surface area (Å²) in [6, 6.07) is 14.1. The molecule has 26 heavy (non-hydrogen) atoms. The third kappa shape index (κ3) is 4.26. The Morgan fingerprint density at radius 2 is 2.00 bits per heavy atom. The molecule has 1 amide bonds. The van der Waals surface area contributed by atoms with Gasteiger partial charge in [0.25, 0.3) is 0 Å². The van der Waals surface area contributed by atoms with Crippen LogP contribution in [-0.4, -0.2) is 19.8 Å². The lowest BCUT2D eigenvalue weighted by Gasteiger charge is -2.11. The number of thiophene rings is 1. The highest BCUT2D eigenvalue weighted by molar-refractivity contribution is 7.19. The van der Waals surface area contributed by atoms with Crippen molar-refractivity contribution in [1.82, 2.24) is 0 Å². The lowest BCUT2D eigenvalue weighted by atomic mass is 10.1. The van der Waals surface area contributed by atoms with Crippen LogP contribution in [0.15, 0.2) is 42.5 Å². The van der Waals surface area contributed by atoms with Crippen molar-refractivity contribution < 1.29 is 14.3 Å². The number of fused-ring (bicyclic) bond motifs is 1. The Kier molecular flexibility index (Phi) is 5.63. The van der Waals surface area contributed by atoms with E-state index in [1.54, 1.807) is 25.4 Å². The normalized spacial score (nSPS) is 10.6. The van der Waals surface area contributed by atoms with Crippen molar-refractivity contribution in [3.63, 3.8) is 0 Å². The molecule has 2 aromatic carbocycles. The van der Waals surface area contributed by atoms with Gasteiger partial charge in [-0.1, -0.05) is 0 Å². The standard InChI is InChI=1S/C20H22N2O3S/c1-4-25-20(23)22-18-8-6-15(9-13(18)2)21-12-17-10-14-5-7-16(24-3)11-19(14)26-17/h5-11,21H,4,12H2,1-3H3,(H,22,23). The summed E-state index contributed by atoms with van der Waals surface area (Å²) in [6.07, 6.45) is -0.433. The molecule has 1 heterocycles. The van der Waals surface area contributed by atoms with Crippen LogP contribution >= 0.6 is 11.3 Å². The van der Waals surface area contributed by atoms with E-state index in [-0.39, 0.29) is 0 Å². The summed E-state index contributed by atoms with van der Waals surface area (Å²) in [5.41, 5.74) is 2.74. The Morgan fingerprint density at radius 1 is 1.15 bits per heavy atom. The fraction of sp³-hybridized carbons (Fsp3) is 0.250. The molecule has 0 unspecified atom stereocenters. The van der Waals surface area contributed by atoms with Crippen molar-refractivity contribution in [3.05, 3.63) is 52.9 Å².